The summed E-state index contributed by atoms with van der Waals surface area (Å²) in [6.45, 7) is 0.164. The molecule has 0 fully saturated rings. The average molecular weight is 455 g/mol. The van der Waals surface area contributed by atoms with Crippen LogP contribution in [-0.2, 0) is 16.1 Å². The van der Waals surface area contributed by atoms with Crippen LogP contribution in [0.15, 0.2) is 83.5 Å². The van der Waals surface area contributed by atoms with Crippen molar-refractivity contribution in [3.63, 3.8) is 0 Å². The molecule has 0 unspecified atom stereocenters. The van der Waals surface area contributed by atoms with Crippen LogP contribution < -0.4 is 10.1 Å². The van der Waals surface area contributed by atoms with Gasteiger partial charge in [-0.1, -0.05) is 30.3 Å². The van der Waals surface area contributed by atoms with Gasteiger partial charge in [0.1, 0.15) is 16.9 Å². The molecule has 0 aliphatic rings. The van der Waals surface area contributed by atoms with E-state index in [1.807, 2.05) is 54.7 Å². The molecule has 0 spiro atoms. The van der Waals surface area contributed by atoms with Crippen LogP contribution in [0, 0.1) is 0 Å². The van der Waals surface area contributed by atoms with E-state index in [9.17, 15) is 9.59 Å². The number of amides is 1. The number of ether oxygens (including phenoxy) is 2. The lowest BCUT2D eigenvalue weighted by Gasteiger charge is -2.11. The summed E-state index contributed by atoms with van der Waals surface area (Å²) in [6, 6.07) is 20.0. The summed E-state index contributed by atoms with van der Waals surface area (Å²) in [5.74, 6) is -0.593. The van der Waals surface area contributed by atoms with E-state index < -0.39 is 18.5 Å². The summed E-state index contributed by atoms with van der Waals surface area (Å²) >= 11 is 0. The van der Waals surface area contributed by atoms with Crippen molar-refractivity contribution in [1.82, 2.24) is 9.78 Å². The maximum Gasteiger partial charge on any atom is 0.338 e. The van der Waals surface area contributed by atoms with Crippen LogP contribution in [0.2, 0.25) is 0 Å². The molecule has 34 heavy (non-hydrogen) atoms. The van der Waals surface area contributed by atoms with Crippen LogP contribution >= 0.6 is 0 Å². The summed E-state index contributed by atoms with van der Waals surface area (Å²) in [6.07, 6.45) is 3.57. The molecule has 1 amide bonds. The van der Waals surface area contributed by atoms with Crippen molar-refractivity contribution < 1.29 is 23.5 Å². The van der Waals surface area contributed by atoms with Gasteiger partial charge in [0.15, 0.2) is 6.61 Å². The Kier molecular flexibility index (Phi) is 5.70. The van der Waals surface area contributed by atoms with Gasteiger partial charge in [0.25, 0.3) is 5.91 Å². The zero-order chi connectivity index (χ0) is 23.5. The molecule has 2 aromatic heterocycles. The molecule has 2 heterocycles. The highest BCUT2D eigenvalue weighted by atomic mass is 16.5. The maximum absolute atomic E-state index is 12.5. The van der Waals surface area contributed by atoms with Gasteiger partial charge in [-0.05, 0) is 35.9 Å². The zero-order valence-corrected chi connectivity index (χ0v) is 18.4. The first-order valence-electron chi connectivity index (χ1n) is 10.6. The minimum atomic E-state index is -0.583. The van der Waals surface area contributed by atoms with Gasteiger partial charge in [-0.15, -0.1) is 0 Å². The lowest BCUT2D eigenvalue weighted by Crippen LogP contribution is -2.21. The number of hydrogen-bond donors (Lipinski definition) is 1. The topological polar surface area (TPSA) is 95.6 Å². The zero-order valence-electron chi connectivity index (χ0n) is 18.4. The van der Waals surface area contributed by atoms with E-state index in [1.165, 1.54) is 7.11 Å². The van der Waals surface area contributed by atoms with Gasteiger partial charge < -0.3 is 19.2 Å². The Hall–Kier alpha value is -4.59. The number of para-hydroxylation sites is 1. The van der Waals surface area contributed by atoms with Crippen molar-refractivity contribution >= 4 is 39.5 Å². The van der Waals surface area contributed by atoms with Crippen LogP contribution in [0.25, 0.3) is 21.9 Å². The van der Waals surface area contributed by atoms with E-state index >= 15 is 0 Å². The van der Waals surface area contributed by atoms with Crippen LogP contribution in [0.3, 0.4) is 0 Å². The van der Waals surface area contributed by atoms with Gasteiger partial charge in [0.05, 0.1) is 24.9 Å². The van der Waals surface area contributed by atoms with Crippen molar-refractivity contribution in [3.05, 3.63) is 90.3 Å². The first kappa shape index (κ1) is 21.3. The summed E-state index contributed by atoms with van der Waals surface area (Å²) in [4.78, 5) is 24.8. The number of hydrogen-bond acceptors (Lipinski definition) is 6. The number of nitrogens with zero attached hydrogens (tertiary/aromatic N) is 2. The number of rotatable bonds is 7. The number of carbonyl (C=O) groups excluding carboxylic acids is 2. The van der Waals surface area contributed by atoms with E-state index in [0.29, 0.717) is 29.1 Å². The predicted octanol–water partition coefficient (Wildman–Crippen LogP) is 4.63. The number of esters is 1. The fourth-order valence-electron chi connectivity index (χ4n) is 3.75. The quantitative estimate of drug-likeness (QED) is 0.360. The summed E-state index contributed by atoms with van der Waals surface area (Å²) in [5.41, 5.74) is 3.14. The maximum atomic E-state index is 12.5. The third-order valence-corrected chi connectivity index (χ3v) is 5.40. The van der Waals surface area contributed by atoms with Gasteiger partial charge in [0, 0.05) is 29.2 Å². The van der Waals surface area contributed by atoms with Crippen molar-refractivity contribution in [3.8, 4) is 5.75 Å². The van der Waals surface area contributed by atoms with Gasteiger partial charge in [-0.25, -0.2) is 4.79 Å². The summed E-state index contributed by atoms with van der Waals surface area (Å²) in [7, 11) is 1.52. The molecule has 0 atom stereocenters. The third-order valence-electron chi connectivity index (χ3n) is 5.40. The number of anilines is 1. The first-order valence-corrected chi connectivity index (χ1v) is 10.6. The Balaban J connectivity index is 1.23. The highest BCUT2D eigenvalue weighted by Gasteiger charge is 2.16. The van der Waals surface area contributed by atoms with Crippen LogP contribution in [0.1, 0.15) is 15.9 Å². The van der Waals surface area contributed by atoms with Crippen LogP contribution in [0.5, 0.6) is 5.75 Å². The molecule has 0 saturated heterocycles. The highest BCUT2D eigenvalue weighted by Crippen LogP contribution is 2.36. The van der Waals surface area contributed by atoms with E-state index in [1.54, 1.807) is 29.1 Å². The molecule has 0 aliphatic heterocycles. The number of nitrogens with one attached hydrogen (secondary N) is 1. The number of fused-ring (bicyclic) bond motifs is 3. The minimum absolute atomic E-state index is 0.360. The number of furan rings is 1. The van der Waals surface area contributed by atoms with E-state index in [-0.39, 0.29) is 0 Å². The summed E-state index contributed by atoms with van der Waals surface area (Å²) < 4.78 is 18.3. The Morgan fingerprint density at radius 3 is 2.59 bits per heavy atom. The molecule has 8 heteroatoms. The average Bonchev–Trinajstić information content (AvgIpc) is 3.49. The van der Waals surface area contributed by atoms with E-state index in [0.717, 1.165) is 21.9 Å². The lowest BCUT2D eigenvalue weighted by atomic mass is 10.1. The third kappa shape index (κ3) is 4.33. The van der Waals surface area contributed by atoms with Crippen molar-refractivity contribution in [1.29, 1.82) is 0 Å². The molecule has 3 aromatic carbocycles. The largest absolute Gasteiger partial charge is 0.495 e. The molecule has 0 radical (unpaired) electrons. The molecular formula is C26H21N3O5. The normalized spacial score (nSPS) is 11.0. The fraction of sp³-hybridized carbons (Fsp3) is 0.115. The molecule has 0 bridgehead atoms. The minimum Gasteiger partial charge on any atom is -0.495 e. The smallest absolute Gasteiger partial charge is 0.338 e. The second-order valence-electron chi connectivity index (χ2n) is 7.67. The summed E-state index contributed by atoms with van der Waals surface area (Å²) in [5, 5.41) is 8.72. The molecule has 0 aliphatic carbocycles. The molecule has 8 nitrogen and oxygen atoms in total. The Bertz CT molecular complexity index is 1470. The molecule has 1 N–H and O–H groups in total. The Labute approximate surface area is 194 Å². The number of methoxy groups -OCH3 is 1. The molecule has 170 valence electrons. The SMILES string of the molecule is COc1cc2c(cc1NC(=O)COC(=O)c1ccc(Cn3cccn3)cc1)oc1ccccc12. The number of benzene rings is 3. The van der Waals surface area contributed by atoms with Crippen molar-refractivity contribution in [2.24, 2.45) is 0 Å². The molecular weight excluding hydrogens is 434 g/mol. The second-order valence-corrected chi connectivity index (χ2v) is 7.67. The van der Waals surface area contributed by atoms with Crippen LogP contribution in [-0.4, -0.2) is 35.4 Å². The van der Waals surface area contributed by atoms with Crippen molar-refractivity contribution in [2.75, 3.05) is 19.0 Å². The molecule has 5 rings (SSSR count). The first-order chi connectivity index (χ1) is 16.6. The predicted molar refractivity (Wildman–Crippen MR) is 127 cm³/mol. The standard InChI is InChI=1S/C26H21N3O5/c1-32-24-13-20-19-5-2-3-6-22(19)34-23(20)14-21(24)28-25(30)16-33-26(31)18-9-7-17(8-10-18)15-29-12-4-11-27-29/h2-14H,15-16H2,1H3,(H,28,30). The Morgan fingerprint density at radius 2 is 1.82 bits per heavy atom. The lowest BCUT2D eigenvalue weighted by molar-refractivity contribution is -0.119. The monoisotopic (exact) mass is 455 g/mol. The fourth-order valence-corrected chi connectivity index (χ4v) is 3.75. The second kappa shape index (κ2) is 9.11. The van der Waals surface area contributed by atoms with Gasteiger partial charge in [0.2, 0.25) is 0 Å². The number of aromatic nitrogens is 2. The van der Waals surface area contributed by atoms with Crippen molar-refractivity contribution in [2.45, 2.75) is 6.54 Å². The van der Waals surface area contributed by atoms with Crippen LogP contribution in [0.4, 0.5) is 5.69 Å². The van der Waals surface area contributed by atoms with E-state index in [4.69, 9.17) is 13.9 Å². The van der Waals surface area contributed by atoms with Gasteiger partial charge >= 0.3 is 5.97 Å². The molecule has 0 saturated carbocycles. The highest BCUT2D eigenvalue weighted by molar-refractivity contribution is 6.08. The Morgan fingerprint density at radius 1 is 1.00 bits per heavy atom. The number of carbonyl (C=O) groups is 2. The van der Waals surface area contributed by atoms with Gasteiger partial charge in [-0.2, -0.15) is 5.10 Å². The molecule has 5 aromatic rings. The van der Waals surface area contributed by atoms with E-state index in [2.05, 4.69) is 10.4 Å². The van der Waals surface area contributed by atoms with Gasteiger partial charge in [-0.3, -0.25) is 9.48 Å².